The van der Waals surface area contributed by atoms with Crippen molar-refractivity contribution in [2.45, 2.75) is 37.5 Å². The minimum Gasteiger partial charge on any atom is -0.289 e. The second kappa shape index (κ2) is 6.30. The van der Waals surface area contributed by atoms with Gasteiger partial charge in [0.1, 0.15) is 0 Å². The second-order valence-corrected chi connectivity index (χ2v) is 9.28. The number of benzene rings is 2. The van der Waals surface area contributed by atoms with Crippen LogP contribution in [0.1, 0.15) is 64.6 Å². The predicted molar refractivity (Wildman–Crippen MR) is 113 cm³/mol. The van der Waals surface area contributed by atoms with E-state index in [1.807, 2.05) is 12.1 Å². The van der Waals surface area contributed by atoms with Gasteiger partial charge < -0.3 is 0 Å². The van der Waals surface area contributed by atoms with Crippen molar-refractivity contribution in [2.24, 2.45) is 23.7 Å². The fourth-order valence-corrected chi connectivity index (χ4v) is 6.48. The Labute approximate surface area is 167 Å². The van der Waals surface area contributed by atoms with Crippen molar-refractivity contribution >= 4 is 5.78 Å². The summed E-state index contributed by atoms with van der Waals surface area (Å²) >= 11 is 0. The van der Waals surface area contributed by atoms with Gasteiger partial charge in [-0.3, -0.25) is 4.79 Å². The molecule has 1 nitrogen and oxygen atoms in total. The average molecular weight is 367 g/mol. The summed E-state index contributed by atoms with van der Waals surface area (Å²) < 4.78 is 0. The summed E-state index contributed by atoms with van der Waals surface area (Å²) in [5, 5.41) is 0. The maximum Gasteiger partial charge on any atom is 0.193 e. The predicted octanol–water partition coefficient (Wildman–Crippen LogP) is 6.28. The Morgan fingerprint density at radius 1 is 0.607 bits per heavy atom. The topological polar surface area (TPSA) is 17.1 Å². The SMILES string of the molecule is O=C(c1ccccc1C1CC2C=CC1C2)c1ccccc1C1CC2C=CC1C2. The van der Waals surface area contributed by atoms with Gasteiger partial charge in [0.15, 0.2) is 5.78 Å². The fraction of sp³-hybridized carbons (Fsp3) is 0.370. The van der Waals surface area contributed by atoms with Crippen LogP contribution in [0.4, 0.5) is 0 Å². The molecular weight excluding hydrogens is 340 g/mol. The van der Waals surface area contributed by atoms with Crippen molar-refractivity contribution in [1.29, 1.82) is 0 Å². The highest BCUT2D eigenvalue weighted by molar-refractivity contribution is 6.11. The Morgan fingerprint density at radius 3 is 1.46 bits per heavy atom. The first-order chi connectivity index (χ1) is 13.8. The number of allylic oxidation sites excluding steroid dienone is 4. The van der Waals surface area contributed by atoms with Gasteiger partial charge in [-0.15, -0.1) is 0 Å². The van der Waals surface area contributed by atoms with E-state index in [0.29, 0.717) is 35.5 Å². The quantitative estimate of drug-likeness (QED) is 0.460. The summed E-state index contributed by atoms with van der Waals surface area (Å²) in [6.45, 7) is 0. The average Bonchev–Trinajstić information content (AvgIpc) is 3.55. The number of carbonyl (C=O) groups excluding carboxylic acids is 1. The van der Waals surface area contributed by atoms with Crippen LogP contribution < -0.4 is 0 Å². The molecule has 28 heavy (non-hydrogen) atoms. The molecule has 0 spiro atoms. The minimum absolute atomic E-state index is 0.227. The third kappa shape index (κ3) is 2.49. The molecule has 0 heterocycles. The number of rotatable bonds is 4. The Bertz CT molecular complexity index is 917. The maximum atomic E-state index is 13.8. The smallest absolute Gasteiger partial charge is 0.193 e. The molecule has 0 N–H and O–H groups in total. The van der Waals surface area contributed by atoms with E-state index >= 15 is 0 Å². The Kier molecular flexibility index (Phi) is 3.72. The first kappa shape index (κ1) is 16.5. The fourth-order valence-electron chi connectivity index (χ4n) is 6.48. The van der Waals surface area contributed by atoms with Crippen LogP contribution >= 0.6 is 0 Å². The molecule has 6 atom stereocenters. The van der Waals surface area contributed by atoms with Gasteiger partial charge in [-0.1, -0.05) is 72.8 Å². The lowest BCUT2D eigenvalue weighted by Crippen LogP contribution is -2.15. The normalized spacial score (nSPS) is 34.4. The Hall–Kier alpha value is -2.41. The number of hydrogen-bond donors (Lipinski definition) is 0. The van der Waals surface area contributed by atoms with Gasteiger partial charge in [0.05, 0.1) is 0 Å². The van der Waals surface area contributed by atoms with Gasteiger partial charge in [0.25, 0.3) is 0 Å². The van der Waals surface area contributed by atoms with E-state index in [1.54, 1.807) is 0 Å². The van der Waals surface area contributed by atoms with E-state index in [2.05, 4.69) is 60.7 Å². The number of carbonyl (C=O) groups is 1. The Morgan fingerprint density at radius 2 is 1.07 bits per heavy atom. The van der Waals surface area contributed by atoms with E-state index in [-0.39, 0.29) is 5.78 Å². The van der Waals surface area contributed by atoms with Crippen LogP contribution in [0.5, 0.6) is 0 Å². The van der Waals surface area contributed by atoms with E-state index < -0.39 is 0 Å². The van der Waals surface area contributed by atoms with Gasteiger partial charge in [0, 0.05) is 11.1 Å². The van der Waals surface area contributed by atoms with Crippen molar-refractivity contribution in [3.05, 3.63) is 95.1 Å². The van der Waals surface area contributed by atoms with Crippen LogP contribution in [0.25, 0.3) is 0 Å². The second-order valence-electron chi connectivity index (χ2n) is 9.28. The maximum absolute atomic E-state index is 13.8. The van der Waals surface area contributed by atoms with Crippen molar-refractivity contribution in [3.63, 3.8) is 0 Å². The molecule has 0 radical (unpaired) electrons. The van der Waals surface area contributed by atoms with E-state index in [9.17, 15) is 4.79 Å². The molecule has 4 aliphatic rings. The van der Waals surface area contributed by atoms with Gasteiger partial charge >= 0.3 is 0 Å². The van der Waals surface area contributed by atoms with Crippen LogP contribution in [0.2, 0.25) is 0 Å². The van der Waals surface area contributed by atoms with E-state index in [1.165, 1.54) is 36.8 Å². The van der Waals surface area contributed by atoms with E-state index in [4.69, 9.17) is 0 Å². The number of hydrogen-bond acceptors (Lipinski definition) is 1. The largest absolute Gasteiger partial charge is 0.289 e. The lowest BCUT2D eigenvalue weighted by atomic mass is 9.79. The molecule has 6 rings (SSSR count). The highest BCUT2D eigenvalue weighted by atomic mass is 16.1. The van der Waals surface area contributed by atoms with Crippen molar-refractivity contribution in [1.82, 2.24) is 0 Å². The molecule has 4 aliphatic carbocycles. The van der Waals surface area contributed by atoms with E-state index in [0.717, 1.165) is 11.1 Å². The number of fused-ring (bicyclic) bond motifs is 4. The Balaban J connectivity index is 1.39. The summed E-state index contributed by atoms with van der Waals surface area (Å²) in [7, 11) is 0. The minimum atomic E-state index is 0.227. The molecule has 2 aromatic carbocycles. The lowest BCUT2D eigenvalue weighted by molar-refractivity contribution is 0.103. The zero-order chi connectivity index (χ0) is 18.7. The standard InChI is InChI=1S/C27H26O/c28-27(23-7-3-1-5-21(23)25-15-17-9-11-19(25)13-17)24-8-4-2-6-22(24)26-16-18-10-12-20(26)14-18/h1-12,17-20,25-26H,13-16H2. The summed E-state index contributed by atoms with van der Waals surface area (Å²) in [5.41, 5.74) is 4.40. The summed E-state index contributed by atoms with van der Waals surface area (Å²) in [6.07, 6.45) is 14.5. The number of ketones is 1. The highest BCUT2D eigenvalue weighted by Crippen LogP contribution is 2.51. The molecule has 0 aliphatic heterocycles. The molecule has 0 aromatic heterocycles. The summed E-state index contributed by atoms with van der Waals surface area (Å²) in [4.78, 5) is 13.8. The molecule has 2 saturated carbocycles. The molecule has 1 heteroatoms. The highest BCUT2D eigenvalue weighted by Gasteiger charge is 2.40. The first-order valence-corrected chi connectivity index (χ1v) is 10.9. The molecule has 4 bridgehead atoms. The zero-order valence-electron chi connectivity index (χ0n) is 16.1. The third-order valence-corrected chi connectivity index (χ3v) is 7.77. The van der Waals surface area contributed by atoms with Gasteiger partial charge in [-0.2, -0.15) is 0 Å². The van der Waals surface area contributed by atoms with Crippen LogP contribution in [0.3, 0.4) is 0 Å². The molecule has 2 aromatic rings. The molecule has 0 saturated heterocycles. The van der Waals surface area contributed by atoms with Crippen LogP contribution in [-0.4, -0.2) is 5.78 Å². The monoisotopic (exact) mass is 366 g/mol. The first-order valence-electron chi connectivity index (χ1n) is 10.9. The van der Waals surface area contributed by atoms with Crippen molar-refractivity contribution in [3.8, 4) is 0 Å². The summed E-state index contributed by atoms with van der Waals surface area (Å²) in [5.74, 6) is 3.90. The van der Waals surface area contributed by atoms with Crippen molar-refractivity contribution in [2.75, 3.05) is 0 Å². The zero-order valence-corrected chi connectivity index (χ0v) is 16.1. The molecule has 140 valence electrons. The van der Waals surface area contributed by atoms with Crippen LogP contribution in [0.15, 0.2) is 72.8 Å². The molecular formula is C27H26O. The van der Waals surface area contributed by atoms with Gasteiger partial charge in [-0.05, 0) is 72.3 Å². The lowest BCUT2D eigenvalue weighted by Gasteiger charge is -2.24. The molecule has 0 amide bonds. The van der Waals surface area contributed by atoms with Gasteiger partial charge in [0.2, 0.25) is 0 Å². The third-order valence-electron chi connectivity index (χ3n) is 7.77. The molecule has 6 unspecified atom stereocenters. The van der Waals surface area contributed by atoms with Crippen LogP contribution in [-0.2, 0) is 0 Å². The summed E-state index contributed by atoms with van der Waals surface area (Å²) in [6, 6.07) is 16.8. The van der Waals surface area contributed by atoms with Gasteiger partial charge in [-0.25, -0.2) is 0 Å². The van der Waals surface area contributed by atoms with Crippen LogP contribution in [0, 0.1) is 23.7 Å². The van der Waals surface area contributed by atoms with Crippen molar-refractivity contribution < 1.29 is 4.79 Å². The molecule has 2 fully saturated rings.